The van der Waals surface area contributed by atoms with Gasteiger partial charge >= 0.3 is 0 Å². The molecule has 0 bridgehead atoms. The lowest BCUT2D eigenvalue weighted by Gasteiger charge is -2.19. The average Bonchev–Trinajstić information content (AvgIpc) is 2.67. The topological polar surface area (TPSA) is 47.8 Å². The van der Waals surface area contributed by atoms with Gasteiger partial charge in [0.25, 0.3) is 0 Å². The number of rotatable bonds is 3. The number of benzene rings is 1. The molecule has 0 spiro atoms. The van der Waals surface area contributed by atoms with Crippen LogP contribution in [0.25, 0.3) is 0 Å². The summed E-state index contributed by atoms with van der Waals surface area (Å²) in [7, 11) is 0. The summed E-state index contributed by atoms with van der Waals surface area (Å²) in [4.78, 5) is 1.05. The Balaban J connectivity index is 2.15. The molecule has 1 heterocycles. The number of hydrogen-bond donors (Lipinski definition) is 2. The maximum absolute atomic E-state index is 9.30. The molecule has 96 valence electrons. The van der Waals surface area contributed by atoms with Crippen LogP contribution in [0.4, 0.5) is 5.69 Å². The fraction of sp³-hybridized carbons (Fsp3) is 0.500. The highest BCUT2D eigenvalue weighted by Gasteiger charge is 2.14. The molecule has 0 aromatic heterocycles. The molecule has 1 fully saturated rings. The van der Waals surface area contributed by atoms with Crippen molar-refractivity contribution in [3.63, 3.8) is 0 Å². The van der Waals surface area contributed by atoms with Crippen LogP contribution in [0.15, 0.2) is 23.1 Å². The molecule has 0 aliphatic carbocycles. The van der Waals surface area contributed by atoms with E-state index in [1.54, 1.807) is 11.8 Å². The Morgan fingerprint density at radius 3 is 3.06 bits per heavy atom. The van der Waals surface area contributed by atoms with Gasteiger partial charge in [-0.05, 0) is 50.7 Å². The van der Waals surface area contributed by atoms with Crippen molar-refractivity contribution in [3.05, 3.63) is 23.8 Å². The monoisotopic (exact) mass is 261 g/mol. The zero-order valence-corrected chi connectivity index (χ0v) is 11.5. The lowest BCUT2D eigenvalue weighted by Crippen LogP contribution is -2.22. The lowest BCUT2D eigenvalue weighted by atomic mass is 10.1. The minimum absolute atomic E-state index is 0.476. The van der Waals surface area contributed by atoms with Gasteiger partial charge in [-0.3, -0.25) is 0 Å². The molecular weight excluding hydrogens is 242 g/mol. The van der Waals surface area contributed by atoms with Gasteiger partial charge in [0, 0.05) is 10.9 Å². The standard InChI is InChI=1S/C14H19N3S/c1-18-14-6-2-5-13(12(14)10-15)17-11-4-3-8-16-9-7-11/h2,5-6,11,16-17H,3-4,7-9H2,1H3. The molecule has 1 saturated heterocycles. The van der Waals surface area contributed by atoms with Crippen molar-refractivity contribution in [2.75, 3.05) is 24.7 Å². The largest absolute Gasteiger partial charge is 0.381 e. The van der Waals surface area contributed by atoms with Crippen molar-refractivity contribution in [1.82, 2.24) is 5.32 Å². The summed E-state index contributed by atoms with van der Waals surface area (Å²) in [6, 6.07) is 8.83. The smallest absolute Gasteiger partial charge is 0.102 e. The summed E-state index contributed by atoms with van der Waals surface area (Å²) < 4.78 is 0. The van der Waals surface area contributed by atoms with Crippen LogP contribution in [0.3, 0.4) is 0 Å². The van der Waals surface area contributed by atoms with Gasteiger partial charge in [-0.15, -0.1) is 11.8 Å². The van der Waals surface area contributed by atoms with Crippen LogP contribution in [0.2, 0.25) is 0 Å². The number of hydrogen-bond acceptors (Lipinski definition) is 4. The molecule has 0 amide bonds. The molecule has 1 aromatic rings. The van der Waals surface area contributed by atoms with Gasteiger partial charge in [0.05, 0.1) is 11.3 Å². The van der Waals surface area contributed by atoms with Crippen LogP contribution in [-0.2, 0) is 0 Å². The second kappa shape index (κ2) is 6.67. The fourth-order valence-electron chi connectivity index (χ4n) is 2.32. The summed E-state index contributed by atoms with van der Waals surface area (Å²) in [5, 5.41) is 16.2. The minimum Gasteiger partial charge on any atom is -0.381 e. The highest BCUT2D eigenvalue weighted by molar-refractivity contribution is 7.98. The van der Waals surface area contributed by atoms with E-state index in [0.29, 0.717) is 6.04 Å². The molecular formula is C14H19N3S. The molecule has 3 nitrogen and oxygen atoms in total. The van der Waals surface area contributed by atoms with E-state index < -0.39 is 0 Å². The second-order valence-electron chi connectivity index (χ2n) is 4.52. The van der Waals surface area contributed by atoms with Gasteiger partial charge in [0.1, 0.15) is 6.07 Å². The molecule has 0 radical (unpaired) electrons. The van der Waals surface area contributed by atoms with Crippen molar-refractivity contribution in [2.45, 2.75) is 30.2 Å². The summed E-state index contributed by atoms with van der Waals surface area (Å²) >= 11 is 1.63. The molecule has 0 saturated carbocycles. The SMILES string of the molecule is CSc1cccc(NC2CCCNCC2)c1C#N. The molecule has 4 heteroatoms. The minimum atomic E-state index is 0.476. The summed E-state index contributed by atoms with van der Waals surface area (Å²) in [5.74, 6) is 0. The number of anilines is 1. The first-order valence-electron chi connectivity index (χ1n) is 6.39. The number of nitriles is 1. The van der Waals surface area contributed by atoms with Crippen LogP contribution in [-0.4, -0.2) is 25.4 Å². The van der Waals surface area contributed by atoms with Crippen molar-refractivity contribution < 1.29 is 0 Å². The first-order valence-corrected chi connectivity index (χ1v) is 7.62. The highest BCUT2D eigenvalue weighted by atomic mass is 32.2. The zero-order valence-electron chi connectivity index (χ0n) is 10.7. The van der Waals surface area contributed by atoms with Crippen LogP contribution < -0.4 is 10.6 Å². The van der Waals surface area contributed by atoms with Gasteiger partial charge in [0.15, 0.2) is 0 Å². The van der Waals surface area contributed by atoms with Crippen LogP contribution >= 0.6 is 11.8 Å². The third kappa shape index (κ3) is 3.18. The normalized spacial score (nSPS) is 19.9. The van der Waals surface area contributed by atoms with Crippen molar-refractivity contribution in [3.8, 4) is 6.07 Å². The van der Waals surface area contributed by atoms with E-state index in [4.69, 9.17) is 0 Å². The Morgan fingerprint density at radius 2 is 2.28 bits per heavy atom. The molecule has 2 N–H and O–H groups in total. The van der Waals surface area contributed by atoms with Crippen LogP contribution in [0.5, 0.6) is 0 Å². The molecule has 2 rings (SSSR count). The quantitative estimate of drug-likeness (QED) is 0.821. The van der Waals surface area contributed by atoms with Crippen LogP contribution in [0, 0.1) is 11.3 Å². The Labute approximate surface area is 113 Å². The third-order valence-corrected chi connectivity index (χ3v) is 4.07. The molecule has 1 aliphatic heterocycles. The zero-order chi connectivity index (χ0) is 12.8. The van der Waals surface area contributed by atoms with E-state index in [1.807, 2.05) is 24.5 Å². The Hall–Kier alpha value is -1.18. The van der Waals surface area contributed by atoms with E-state index in [2.05, 4.69) is 16.7 Å². The summed E-state index contributed by atoms with van der Waals surface area (Å²) in [5.41, 5.74) is 1.76. The van der Waals surface area contributed by atoms with Crippen LogP contribution in [0.1, 0.15) is 24.8 Å². The maximum Gasteiger partial charge on any atom is 0.102 e. The predicted molar refractivity (Wildman–Crippen MR) is 77.1 cm³/mol. The second-order valence-corrected chi connectivity index (χ2v) is 5.36. The molecule has 18 heavy (non-hydrogen) atoms. The highest BCUT2D eigenvalue weighted by Crippen LogP contribution is 2.27. The average molecular weight is 261 g/mol. The number of nitrogens with one attached hydrogen (secondary N) is 2. The van der Waals surface area contributed by atoms with Gasteiger partial charge in [-0.2, -0.15) is 5.26 Å². The van der Waals surface area contributed by atoms with E-state index >= 15 is 0 Å². The van der Waals surface area contributed by atoms with Gasteiger partial charge in [-0.1, -0.05) is 6.07 Å². The first-order chi connectivity index (χ1) is 8.85. The van der Waals surface area contributed by atoms with Crippen molar-refractivity contribution in [2.24, 2.45) is 0 Å². The number of thioether (sulfide) groups is 1. The van der Waals surface area contributed by atoms with Crippen molar-refractivity contribution in [1.29, 1.82) is 5.26 Å². The van der Waals surface area contributed by atoms with Gasteiger partial charge in [-0.25, -0.2) is 0 Å². The van der Waals surface area contributed by atoms with E-state index in [9.17, 15) is 5.26 Å². The van der Waals surface area contributed by atoms with E-state index in [-0.39, 0.29) is 0 Å². The molecule has 1 aromatic carbocycles. The fourth-order valence-corrected chi connectivity index (χ4v) is 2.89. The molecule has 1 unspecified atom stereocenters. The Kier molecular flexibility index (Phi) is 4.91. The first kappa shape index (κ1) is 13.3. The third-order valence-electron chi connectivity index (χ3n) is 3.29. The molecule has 1 aliphatic rings. The Morgan fingerprint density at radius 1 is 1.39 bits per heavy atom. The van der Waals surface area contributed by atoms with E-state index in [1.165, 1.54) is 12.8 Å². The van der Waals surface area contributed by atoms with Gasteiger partial charge in [0.2, 0.25) is 0 Å². The number of nitrogens with zero attached hydrogens (tertiary/aromatic N) is 1. The lowest BCUT2D eigenvalue weighted by molar-refractivity contribution is 0.637. The van der Waals surface area contributed by atoms with Gasteiger partial charge < -0.3 is 10.6 Å². The maximum atomic E-state index is 9.30. The van der Waals surface area contributed by atoms with E-state index in [0.717, 1.165) is 35.7 Å². The predicted octanol–water partition coefficient (Wildman–Crippen LogP) is 2.83. The molecule has 1 atom stereocenters. The van der Waals surface area contributed by atoms with Crippen molar-refractivity contribution >= 4 is 17.4 Å². The Bertz CT molecular complexity index is 431. The summed E-state index contributed by atoms with van der Waals surface area (Å²) in [6.45, 7) is 2.16. The summed E-state index contributed by atoms with van der Waals surface area (Å²) in [6.07, 6.45) is 5.49.